The molecule has 1 aliphatic heterocycles. The Kier molecular flexibility index (Phi) is 5.25. The first kappa shape index (κ1) is 14.3. The van der Waals surface area contributed by atoms with Gasteiger partial charge in [0.25, 0.3) is 0 Å². The molecule has 1 heterocycles. The SMILES string of the molecule is CC(=O)N(C[C@H]1CCN(C(=O)CCl)C1)C(C)C. The minimum absolute atomic E-state index is 0.00640. The Morgan fingerprint density at radius 3 is 2.59 bits per heavy atom. The zero-order valence-electron chi connectivity index (χ0n) is 10.8. The van der Waals surface area contributed by atoms with E-state index in [0.29, 0.717) is 5.92 Å². The molecule has 4 nitrogen and oxygen atoms in total. The van der Waals surface area contributed by atoms with Crippen molar-refractivity contribution in [2.24, 2.45) is 5.92 Å². The molecule has 5 heteroatoms. The van der Waals surface area contributed by atoms with Crippen molar-refractivity contribution in [3.63, 3.8) is 0 Å². The molecule has 0 spiro atoms. The fourth-order valence-electron chi connectivity index (χ4n) is 2.27. The van der Waals surface area contributed by atoms with E-state index < -0.39 is 0 Å². The van der Waals surface area contributed by atoms with Crippen LogP contribution in [0.2, 0.25) is 0 Å². The van der Waals surface area contributed by atoms with Gasteiger partial charge in [-0.3, -0.25) is 9.59 Å². The van der Waals surface area contributed by atoms with Crippen molar-refractivity contribution in [1.82, 2.24) is 9.80 Å². The standard InChI is InChI=1S/C12H21ClN2O2/c1-9(2)15(10(3)16)8-11-4-5-14(7-11)12(17)6-13/h9,11H,4-8H2,1-3H3/t11-/m0/s1. The van der Waals surface area contributed by atoms with E-state index in [1.54, 1.807) is 11.8 Å². The van der Waals surface area contributed by atoms with Crippen molar-refractivity contribution in [2.45, 2.75) is 33.2 Å². The summed E-state index contributed by atoms with van der Waals surface area (Å²) < 4.78 is 0. The Morgan fingerprint density at radius 1 is 1.47 bits per heavy atom. The molecule has 1 fully saturated rings. The summed E-state index contributed by atoms with van der Waals surface area (Å²) >= 11 is 5.53. The number of carbonyl (C=O) groups excluding carboxylic acids is 2. The minimum Gasteiger partial charge on any atom is -0.341 e. The Balaban J connectivity index is 2.49. The van der Waals surface area contributed by atoms with E-state index in [1.165, 1.54) is 0 Å². The molecule has 1 atom stereocenters. The van der Waals surface area contributed by atoms with Crippen LogP contribution in [0.25, 0.3) is 0 Å². The van der Waals surface area contributed by atoms with Gasteiger partial charge in [-0.2, -0.15) is 0 Å². The van der Waals surface area contributed by atoms with Crippen molar-refractivity contribution >= 4 is 23.4 Å². The molecule has 0 bridgehead atoms. The fraction of sp³-hybridized carbons (Fsp3) is 0.833. The van der Waals surface area contributed by atoms with Crippen LogP contribution in [-0.2, 0) is 9.59 Å². The van der Waals surface area contributed by atoms with Gasteiger partial charge in [0, 0.05) is 32.6 Å². The number of hydrogen-bond donors (Lipinski definition) is 0. The molecule has 17 heavy (non-hydrogen) atoms. The summed E-state index contributed by atoms with van der Waals surface area (Å²) in [5.74, 6) is 0.525. The van der Waals surface area contributed by atoms with E-state index in [2.05, 4.69) is 0 Å². The Bertz CT molecular complexity index is 294. The molecule has 2 amide bonds. The van der Waals surface area contributed by atoms with Gasteiger partial charge in [-0.05, 0) is 26.2 Å². The van der Waals surface area contributed by atoms with Crippen LogP contribution in [0.3, 0.4) is 0 Å². The van der Waals surface area contributed by atoms with Gasteiger partial charge < -0.3 is 9.80 Å². The normalized spacial score (nSPS) is 19.8. The van der Waals surface area contributed by atoms with E-state index in [1.807, 2.05) is 18.7 Å². The summed E-state index contributed by atoms with van der Waals surface area (Å²) in [5.41, 5.74) is 0. The zero-order valence-corrected chi connectivity index (χ0v) is 11.5. The van der Waals surface area contributed by atoms with E-state index in [4.69, 9.17) is 11.6 Å². The van der Waals surface area contributed by atoms with Gasteiger partial charge >= 0.3 is 0 Å². The number of hydrogen-bond acceptors (Lipinski definition) is 2. The Morgan fingerprint density at radius 2 is 2.12 bits per heavy atom. The average Bonchev–Trinajstić information content (AvgIpc) is 2.72. The van der Waals surface area contributed by atoms with Crippen molar-refractivity contribution < 1.29 is 9.59 Å². The third kappa shape index (κ3) is 3.87. The lowest BCUT2D eigenvalue weighted by molar-refractivity contribution is -0.131. The fourth-order valence-corrected chi connectivity index (χ4v) is 2.44. The van der Waals surface area contributed by atoms with Crippen molar-refractivity contribution in [2.75, 3.05) is 25.5 Å². The van der Waals surface area contributed by atoms with Gasteiger partial charge in [0.1, 0.15) is 5.88 Å². The lowest BCUT2D eigenvalue weighted by Gasteiger charge is -2.28. The number of alkyl halides is 1. The third-order valence-corrected chi connectivity index (χ3v) is 3.46. The van der Waals surface area contributed by atoms with Crippen LogP contribution in [0.1, 0.15) is 27.2 Å². The molecule has 98 valence electrons. The Hall–Kier alpha value is -0.770. The predicted octanol–water partition coefficient (Wildman–Crippen LogP) is 1.33. The van der Waals surface area contributed by atoms with Gasteiger partial charge in [0.15, 0.2) is 0 Å². The van der Waals surface area contributed by atoms with E-state index >= 15 is 0 Å². The van der Waals surface area contributed by atoms with Crippen molar-refractivity contribution in [3.8, 4) is 0 Å². The van der Waals surface area contributed by atoms with Crippen LogP contribution in [0.4, 0.5) is 0 Å². The molecule has 0 radical (unpaired) electrons. The predicted molar refractivity (Wildman–Crippen MR) is 67.9 cm³/mol. The Labute approximate surface area is 108 Å². The minimum atomic E-state index is -0.00640. The average molecular weight is 261 g/mol. The van der Waals surface area contributed by atoms with Gasteiger partial charge in [-0.25, -0.2) is 0 Å². The quantitative estimate of drug-likeness (QED) is 0.716. The van der Waals surface area contributed by atoms with Crippen LogP contribution < -0.4 is 0 Å². The van der Waals surface area contributed by atoms with Gasteiger partial charge in [0.2, 0.25) is 11.8 Å². The van der Waals surface area contributed by atoms with E-state index in [-0.39, 0.29) is 23.7 Å². The van der Waals surface area contributed by atoms with Crippen LogP contribution in [-0.4, -0.2) is 53.2 Å². The molecular weight excluding hydrogens is 240 g/mol. The van der Waals surface area contributed by atoms with Gasteiger partial charge in [-0.1, -0.05) is 0 Å². The second-order valence-electron chi connectivity index (χ2n) is 4.89. The molecule has 1 aliphatic rings. The highest BCUT2D eigenvalue weighted by Crippen LogP contribution is 2.19. The molecule has 1 rings (SSSR count). The number of amides is 2. The maximum Gasteiger partial charge on any atom is 0.237 e. The smallest absolute Gasteiger partial charge is 0.237 e. The lowest BCUT2D eigenvalue weighted by atomic mass is 10.1. The first-order valence-corrected chi connectivity index (χ1v) is 6.60. The largest absolute Gasteiger partial charge is 0.341 e. The second-order valence-corrected chi connectivity index (χ2v) is 5.16. The number of nitrogens with zero attached hydrogens (tertiary/aromatic N) is 2. The highest BCUT2D eigenvalue weighted by atomic mass is 35.5. The maximum atomic E-state index is 11.5. The zero-order chi connectivity index (χ0) is 13.0. The number of rotatable bonds is 4. The molecular formula is C12H21ClN2O2. The summed E-state index contributed by atoms with van der Waals surface area (Å²) in [6, 6.07) is 0.213. The van der Waals surface area contributed by atoms with Crippen LogP contribution >= 0.6 is 11.6 Å². The number of halogens is 1. The lowest BCUT2D eigenvalue weighted by Crippen LogP contribution is -2.40. The van der Waals surface area contributed by atoms with E-state index in [9.17, 15) is 9.59 Å². The number of carbonyl (C=O) groups is 2. The highest BCUT2D eigenvalue weighted by Gasteiger charge is 2.28. The second kappa shape index (κ2) is 6.24. The summed E-state index contributed by atoms with van der Waals surface area (Å²) in [7, 11) is 0. The van der Waals surface area contributed by atoms with Crippen LogP contribution in [0.5, 0.6) is 0 Å². The third-order valence-electron chi connectivity index (χ3n) is 3.24. The molecule has 0 N–H and O–H groups in total. The first-order valence-electron chi connectivity index (χ1n) is 6.06. The number of likely N-dealkylation sites (tertiary alicyclic amines) is 1. The molecule has 0 aromatic carbocycles. The summed E-state index contributed by atoms with van der Waals surface area (Å²) in [5, 5.41) is 0. The van der Waals surface area contributed by atoms with Gasteiger partial charge in [0.05, 0.1) is 0 Å². The summed E-state index contributed by atoms with van der Waals surface area (Å²) in [6.07, 6.45) is 0.957. The van der Waals surface area contributed by atoms with Crippen molar-refractivity contribution in [1.29, 1.82) is 0 Å². The molecule has 0 aromatic rings. The van der Waals surface area contributed by atoms with Gasteiger partial charge in [-0.15, -0.1) is 11.6 Å². The topological polar surface area (TPSA) is 40.6 Å². The molecule has 1 saturated heterocycles. The van der Waals surface area contributed by atoms with Crippen molar-refractivity contribution in [3.05, 3.63) is 0 Å². The van der Waals surface area contributed by atoms with E-state index in [0.717, 1.165) is 26.1 Å². The molecule has 0 saturated carbocycles. The monoisotopic (exact) mass is 260 g/mol. The summed E-state index contributed by atoms with van der Waals surface area (Å²) in [6.45, 7) is 7.84. The molecule has 0 aromatic heterocycles. The summed E-state index contributed by atoms with van der Waals surface area (Å²) in [4.78, 5) is 26.5. The first-order chi connectivity index (χ1) is 7.95. The molecule has 0 aliphatic carbocycles. The van der Waals surface area contributed by atoms with Crippen LogP contribution in [0.15, 0.2) is 0 Å². The molecule has 0 unspecified atom stereocenters. The maximum absolute atomic E-state index is 11.5. The highest BCUT2D eigenvalue weighted by molar-refractivity contribution is 6.27. The van der Waals surface area contributed by atoms with Crippen LogP contribution in [0, 0.1) is 5.92 Å².